The van der Waals surface area contributed by atoms with Crippen molar-refractivity contribution in [2.75, 3.05) is 6.61 Å². The average molecular weight is 299 g/mol. The van der Waals surface area contributed by atoms with Gasteiger partial charge in [-0.3, -0.25) is 4.79 Å². The van der Waals surface area contributed by atoms with E-state index in [1.165, 1.54) is 12.1 Å². The molecule has 0 saturated carbocycles. The number of carbonyl (C=O) groups excluding carboxylic acids is 1. The number of aryl methyl sites for hydroxylation is 1. The molecule has 21 heavy (non-hydrogen) atoms. The highest BCUT2D eigenvalue weighted by molar-refractivity contribution is 5.76. The van der Waals surface area contributed by atoms with Gasteiger partial charge in [-0.2, -0.15) is 0 Å². The first-order valence-electron chi connectivity index (χ1n) is 7.05. The third kappa shape index (κ3) is 6.67. The monoisotopic (exact) mass is 299 g/mol. The number of halogens is 2. The van der Waals surface area contributed by atoms with Crippen molar-refractivity contribution >= 4 is 5.91 Å². The van der Waals surface area contributed by atoms with Crippen LogP contribution in [0.2, 0.25) is 0 Å². The Balaban J connectivity index is 2.49. The smallest absolute Gasteiger partial charge is 0.220 e. The molecule has 1 amide bonds. The molecular formula is C16H23F2NO2. The fourth-order valence-corrected chi connectivity index (χ4v) is 2.17. The zero-order chi connectivity index (χ0) is 16.0. The summed E-state index contributed by atoms with van der Waals surface area (Å²) in [5.74, 6) is -1.52. The molecule has 1 rings (SSSR count). The Morgan fingerprint density at radius 1 is 1.33 bits per heavy atom. The molecule has 0 aromatic heterocycles. The number of rotatable bonds is 6. The second kappa shape index (κ2) is 7.50. The van der Waals surface area contributed by atoms with Crippen LogP contribution in [0.3, 0.4) is 0 Å². The van der Waals surface area contributed by atoms with Gasteiger partial charge in [0.15, 0.2) is 0 Å². The molecule has 2 N–H and O–H groups in total. The maximum absolute atomic E-state index is 13.4. The second-order valence-electron chi connectivity index (χ2n) is 6.45. The third-order valence-electron chi connectivity index (χ3n) is 3.08. The van der Waals surface area contributed by atoms with Crippen molar-refractivity contribution in [3.05, 3.63) is 35.4 Å². The van der Waals surface area contributed by atoms with E-state index < -0.39 is 11.6 Å². The fourth-order valence-electron chi connectivity index (χ4n) is 2.17. The number of aliphatic hydroxyl groups is 1. The van der Waals surface area contributed by atoms with Crippen molar-refractivity contribution in [1.29, 1.82) is 0 Å². The Hall–Kier alpha value is -1.49. The van der Waals surface area contributed by atoms with Crippen LogP contribution < -0.4 is 5.32 Å². The molecule has 0 bridgehead atoms. The lowest BCUT2D eigenvalue weighted by atomic mass is 9.88. The van der Waals surface area contributed by atoms with Gasteiger partial charge in [0.2, 0.25) is 5.91 Å². The maximum Gasteiger partial charge on any atom is 0.220 e. The normalized spacial score (nSPS) is 13.0. The summed E-state index contributed by atoms with van der Waals surface area (Å²) in [6, 6.07) is 3.02. The molecule has 1 unspecified atom stereocenters. The first kappa shape index (κ1) is 17.6. The van der Waals surface area contributed by atoms with Gasteiger partial charge in [0, 0.05) is 12.5 Å². The summed E-state index contributed by atoms with van der Waals surface area (Å²) in [5.41, 5.74) is 0.298. The second-order valence-corrected chi connectivity index (χ2v) is 6.45. The van der Waals surface area contributed by atoms with Crippen molar-refractivity contribution in [2.45, 2.75) is 46.1 Å². The van der Waals surface area contributed by atoms with Crippen LogP contribution in [0.4, 0.5) is 8.78 Å². The van der Waals surface area contributed by atoms with Crippen LogP contribution in [0.5, 0.6) is 0 Å². The van der Waals surface area contributed by atoms with Gasteiger partial charge in [0.25, 0.3) is 0 Å². The van der Waals surface area contributed by atoms with Gasteiger partial charge in [-0.25, -0.2) is 8.78 Å². The molecule has 3 nitrogen and oxygen atoms in total. The van der Waals surface area contributed by atoms with Crippen LogP contribution in [-0.2, 0) is 11.2 Å². The zero-order valence-corrected chi connectivity index (χ0v) is 12.7. The molecule has 0 saturated heterocycles. The largest absolute Gasteiger partial charge is 0.394 e. The fraction of sp³-hybridized carbons (Fsp3) is 0.562. The van der Waals surface area contributed by atoms with Gasteiger partial charge in [-0.05, 0) is 29.9 Å². The lowest BCUT2D eigenvalue weighted by molar-refractivity contribution is -0.122. The van der Waals surface area contributed by atoms with E-state index in [0.717, 1.165) is 6.07 Å². The number of carbonyl (C=O) groups is 1. The molecule has 1 aromatic rings. The number of hydrogen-bond acceptors (Lipinski definition) is 2. The summed E-state index contributed by atoms with van der Waals surface area (Å²) in [4.78, 5) is 11.8. The van der Waals surface area contributed by atoms with E-state index in [9.17, 15) is 18.7 Å². The lowest BCUT2D eigenvalue weighted by Crippen LogP contribution is -2.40. The van der Waals surface area contributed by atoms with E-state index in [2.05, 4.69) is 5.32 Å². The number of benzene rings is 1. The van der Waals surface area contributed by atoms with Crippen molar-refractivity contribution in [3.63, 3.8) is 0 Å². The van der Waals surface area contributed by atoms with Crippen LogP contribution >= 0.6 is 0 Å². The summed E-state index contributed by atoms with van der Waals surface area (Å²) < 4.78 is 26.2. The molecule has 0 heterocycles. The highest BCUT2D eigenvalue weighted by Crippen LogP contribution is 2.20. The topological polar surface area (TPSA) is 49.3 Å². The summed E-state index contributed by atoms with van der Waals surface area (Å²) >= 11 is 0. The average Bonchev–Trinajstić information content (AvgIpc) is 2.35. The quantitative estimate of drug-likeness (QED) is 0.848. The standard InChI is InChI=1S/C16H23F2NO2/c1-16(2,3)9-13(10-20)19-15(21)7-5-11-4-6-12(17)8-14(11)18/h4,6,8,13,20H,5,7,9-10H2,1-3H3,(H,19,21). The molecule has 0 aliphatic carbocycles. The van der Waals surface area contributed by atoms with Crippen LogP contribution in [0, 0.1) is 17.0 Å². The Bertz CT molecular complexity index is 484. The van der Waals surface area contributed by atoms with E-state index >= 15 is 0 Å². The Kier molecular flexibility index (Phi) is 6.27. The molecule has 1 aromatic carbocycles. The predicted molar refractivity (Wildman–Crippen MR) is 77.8 cm³/mol. The van der Waals surface area contributed by atoms with Crippen molar-refractivity contribution in [2.24, 2.45) is 5.41 Å². The molecule has 0 radical (unpaired) electrons. The Morgan fingerprint density at radius 3 is 2.52 bits per heavy atom. The minimum absolute atomic E-state index is 0.0102. The SMILES string of the molecule is CC(C)(C)CC(CO)NC(=O)CCc1ccc(F)cc1F. The van der Waals surface area contributed by atoms with Crippen LogP contribution in [0.1, 0.15) is 39.2 Å². The highest BCUT2D eigenvalue weighted by atomic mass is 19.1. The van der Waals surface area contributed by atoms with E-state index in [-0.39, 0.29) is 36.8 Å². The van der Waals surface area contributed by atoms with E-state index in [1.54, 1.807) is 0 Å². The summed E-state index contributed by atoms with van der Waals surface area (Å²) in [7, 11) is 0. The lowest BCUT2D eigenvalue weighted by Gasteiger charge is -2.25. The minimum atomic E-state index is -0.642. The van der Waals surface area contributed by atoms with Crippen LogP contribution in [0.25, 0.3) is 0 Å². The van der Waals surface area contributed by atoms with Crippen molar-refractivity contribution in [1.82, 2.24) is 5.32 Å². The molecule has 118 valence electrons. The minimum Gasteiger partial charge on any atom is -0.394 e. The molecule has 0 aliphatic rings. The van der Waals surface area contributed by atoms with Crippen molar-refractivity contribution < 1.29 is 18.7 Å². The first-order valence-corrected chi connectivity index (χ1v) is 7.05. The van der Waals surface area contributed by atoms with E-state index in [4.69, 9.17) is 0 Å². The molecule has 5 heteroatoms. The molecular weight excluding hydrogens is 276 g/mol. The van der Waals surface area contributed by atoms with Gasteiger partial charge < -0.3 is 10.4 Å². The van der Waals surface area contributed by atoms with Gasteiger partial charge in [0.05, 0.1) is 12.6 Å². The molecule has 0 fully saturated rings. The van der Waals surface area contributed by atoms with Gasteiger partial charge in [-0.1, -0.05) is 26.8 Å². The van der Waals surface area contributed by atoms with Gasteiger partial charge in [0.1, 0.15) is 11.6 Å². The van der Waals surface area contributed by atoms with Crippen LogP contribution in [-0.4, -0.2) is 23.7 Å². The summed E-state index contributed by atoms with van der Waals surface area (Å²) in [6.45, 7) is 5.94. The maximum atomic E-state index is 13.4. The third-order valence-corrected chi connectivity index (χ3v) is 3.08. The molecule has 1 atom stereocenters. The highest BCUT2D eigenvalue weighted by Gasteiger charge is 2.19. The number of hydrogen-bond donors (Lipinski definition) is 2. The van der Waals surface area contributed by atoms with Gasteiger partial charge in [-0.15, -0.1) is 0 Å². The Labute approximate surface area is 124 Å². The predicted octanol–water partition coefficient (Wildman–Crippen LogP) is 2.81. The first-order chi connectivity index (χ1) is 9.71. The Morgan fingerprint density at radius 2 is 2.00 bits per heavy atom. The summed E-state index contributed by atoms with van der Waals surface area (Å²) in [5, 5.41) is 12.0. The van der Waals surface area contributed by atoms with Crippen LogP contribution in [0.15, 0.2) is 18.2 Å². The number of nitrogens with one attached hydrogen (secondary N) is 1. The van der Waals surface area contributed by atoms with Gasteiger partial charge >= 0.3 is 0 Å². The zero-order valence-electron chi connectivity index (χ0n) is 12.7. The molecule has 0 aliphatic heterocycles. The number of amides is 1. The molecule has 0 spiro atoms. The summed E-state index contributed by atoms with van der Waals surface area (Å²) in [6.07, 6.45) is 0.953. The van der Waals surface area contributed by atoms with Crippen molar-refractivity contribution in [3.8, 4) is 0 Å². The van der Waals surface area contributed by atoms with E-state index in [0.29, 0.717) is 12.0 Å². The van der Waals surface area contributed by atoms with E-state index in [1.807, 2.05) is 20.8 Å². The number of aliphatic hydroxyl groups excluding tert-OH is 1.